The third-order valence-electron chi connectivity index (χ3n) is 3.27. The minimum absolute atomic E-state index is 0.0349. The van der Waals surface area contributed by atoms with Crippen LogP contribution in [0.5, 0.6) is 0 Å². The van der Waals surface area contributed by atoms with E-state index in [1.54, 1.807) is 6.20 Å². The smallest absolute Gasteiger partial charge is 0.380 e. The van der Waals surface area contributed by atoms with Gasteiger partial charge in [0.05, 0.1) is 19.6 Å². The fourth-order valence-corrected chi connectivity index (χ4v) is 2.30. The van der Waals surface area contributed by atoms with Crippen molar-refractivity contribution in [2.45, 2.75) is 19.0 Å². The van der Waals surface area contributed by atoms with Crippen LogP contribution in [0.3, 0.4) is 0 Å². The summed E-state index contributed by atoms with van der Waals surface area (Å²) in [5.41, 5.74) is 0.895. The Kier molecular flexibility index (Phi) is 5.31. The first-order valence-electron chi connectivity index (χ1n) is 6.65. The van der Waals surface area contributed by atoms with E-state index in [9.17, 15) is 13.2 Å². The second kappa shape index (κ2) is 6.99. The number of aromatic nitrogens is 2. The molecule has 0 spiro atoms. The third kappa shape index (κ3) is 5.42. The average Bonchev–Trinajstić information content (AvgIpc) is 2.62. The minimum atomic E-state index is -4.10. The van der Waals surface area contributed by atoms with Crippen LogP contribution in [-0.2, 0) is 11.2 Å². The molecule has 0 radical (unpaired) electrons. The molecule has 1 fully saturated rings. The molecule has 2 heterocycles. The van der Waals surface area contributed by atoms with E-state index in [-0.39, 0.29) is 12.5 Å². The summed E-state index contributed by atoms with van der Waals surface area (Å²) in [4.78, 5) is 9.82. The Hall–Kier alpha value is -1.21. The number of rotatable bonds is 4. The number of alkyl halides is 3. The highest BCUT2D eigenvalue weighted by molar-refractivity contribution is 4.99. The van der Waals surface area contributed by atoms with Gasteiger partial charge < -0.3 is 9.64 Å². The van der Waals surface area contributed by atoms with Crippen LogP contribution in [-0.4, -0.2) is 53.9 Å². The molecule has 0 N–H and O–H groups in total. The first kappa shape index (κ1) is 15.2. The van der Waals surface area contributed by atoms with Crippen LogP contribution in [0.4, 0.5) is 13.2 Å². The highest BCUT2D eigenvalue weighted by atomic mass is 19.4. The van der Waals surface area contributed by atoms with E-state index in [2.05, 4.69) is 9.97 Å². The summed E-state index contributed by atoms with van der Waals surface area (Å²) in [6, 6.07) is 1.82. The SMILES string of the molecule is FC(F)(F)CCN1CCOCC(Cc2ccncn2)C1. The van der Waals surface area contributed by atoms with Crippen LogP contribution in [0.2, 0.25) is 0 Å². The normalized spacial score (nSPS) is 21.6. The summed E-state index contributed by atoms with van der Waals surface area (Å²) in [6.45, 7) is 2.24. The lowest BCUT2D eigenvalue weighted by Gasteiger charge is -2.23. The first-order valence-corrected chi connectivity index (χ1v) is 6.65. The standard InChI is InChI=1S/C13H18F3N3O/c14-13(15,16)2-4-19-5-6-20-9-11(8-19)7-12-1-3-17-10-18-12/h1,3,10-11H,2,4-9H2. The quantitative estimate of drug-likeness (QED) is 0.849. The van der Waals surface area contributed by atoms with Crippen LogP contribution in [0.1, 0.15) is 12.1 Å². The molecule has 0 aromatic carbocycles. The Morgan fingerprint density at radius 1 is 1.40 bits per heavy atom. The van der Waals surface area contributed by atoms with E-state index in [1.807, 2.05) is 11.0 Å². The van der Waals surface area contributed by atoms with Gasteiger partial charge in [0.1, 0.15) is 6.33 Å². The Balaban J connectivity index is 1.86. The molecule has 1 aliphatic rings. The number of hydrogen-bond acceptors (Lipinski definition) is 4. The highest BCUT2D eigenvalue weighted by Gasteiger charge is 2.29. The Morgan fingerprint density at radius 2 is 2.25 bits per heavy atom. The summed E-state index contributed by atoms with van der Waals surface area (Å²) >= 11 is 0. The summed E-state index contributed by atoms with van der Waals surface area (Å²) in [5.74, 6) is 0.167. The molecule has 1 atom stereocenters. The largest absolute Gasteiger partial charge is 0.390 e. The lowest BCUT2D eigenvalue weighted by atomic mass is 10.0. The van der Waals surface area contributed by atoms with Crippen molar-refractivity contribution in [3.63, 3.8) is 0 Å². The third-order valence-corrected chi connectivity index (χ3v) is 3.27. The molecule has 2 rings (SSSR count). The second-order valence-electron chi connectivity index (χ2n) is 5.01. The van der Waals surface area contributed by atoms with Crippen molar-refractivity contribution in [3.05, 3.63) is 24.3 Å². The highest BCUT2D eigenvalue weighted by Crippen LogP contribution is 2.21. The van der Waals surface area contributed by atoms with E-state index in [0.717, 1.165) is 5.69 Å². The van der Waals surface area contributed by atoms with Gasteiger partial charge in [0, 0.05) is 37.4 Å². The zero-order valence-electron chi connectivity index (χ0n) is 11.1. The summed E-state index contributed by atoms with van der Waals surface area (Å²) in [6.07, 6.45) is -1.02. The predicted molar refractivity (Wildman–Crippen MR) is 67.2 cm³/mol. The van der Waals surface area contributed by atoms with Gasteiger partial charge in [0.15, 0.2) is 0 Å². The van der Waals surface area contributed by atoms with Crippen LogP contribution in [0.25, 0.3) is 0 Å². The topological polar surface area (TPSA) is 38.2 Å². The van der Waals surface area contributed by atoms with Crippen molar-refractivity contribution in [1.29, 1.82) is 0 Å². The van der Waals surface area contributed by atoms with Gasteiger partial charge in [-0.2, -0.15) is 13.2 Å². The second-order valence-corrected chi connectivity index (χ2v) is 5.01. The molecule has 0 bridgehead atoms. The maximum Gasteiger partial charge on any atom is 0.390 e. The Labute approximate surface area is 116 Å². The molecular formula is C13H18F3N3O. The summed E-state index contributed by atoms with van der Waals surface area (Å²) in [5, 5.41) is 0. The fourth-order valence-electron chi connectivity index (χ4n) is 2.30. The lowest BCUT2D eigenvalue weighted by molar-refractivity contribution is -0.138. The van der Waals surface area contributed by atoms with E-state index in [1.165, 1.54) is 6.33 Å². The number of halogens is 3. The maximum absolute atomic E-state index is 12.3. The molecule has 1 aromatic rings. The molecule has 112 valence electrons. The minimum Gasteiger partial charge on any atom is -0.380 e. The number of ether oxygens (including phenoxy) is 1. The van der Waals surface area contributed by atoms with Crippen LogP contribution in [0.15, 0.2) is 18.6 Å². The van der Waals surface area contributed by atoms with Gasteiger partial charge in [0.25, 0.3) is 0 Å². The Bertz CT molecular complexity index is 400. The molecule has 20 heavy (non-hydrogen) atoms. The van der Waals surface area contributed by atoms with Gasteiger partial charge >= 0.3 is 6.18 Å². The van der Waals surface area contributed by atoms with E-state index < -0.39 is 12.6 Å². The van der Waals surface area contributed by atoms with Crippen LogP contribution in [0, 0.1) is 5.92 Å². The van der Waals surface area contributed by atoms with Gasteiger partial charge in [-0.05, 0) is 12.5 Å². The van der Waals surface area contributed by atoms with Gasteiger partial charge in [-0.1, -0.05) is 0 Å². The van der Waals surface area contributed by atoms with Crippen molar-refractivity contribution in [2.24, 2.45) is 5.92 Å². The fraction of sp³-hybridized carbons (Fsp3) is 0.692. The number of nitrogens with zero attached hydrogens (tertiary/aromatic N) is 3. The molecule has 1 unspecified atom stereocenters. The first-order chi connectivity index (χ1) is 9.53. The molecule has 7 heteroatoms. The zero-order valence-corrected chi connectivity index (χ0v) is 11.1. The summed E-state index contributed by atoms with van der Waals surface area (Å²) < 4.78 is 42.3. The predicted octanol–water partition coefficient (Wildman–Crippen LogP) is 1.92. The van der Waals surface area contributed by atoms with Crippen molar-refractivity contribution in [2.75, 3.05) is 32.8 Å². The van der Waals surface area contributed by atoms with E-state index in [0.29, 0.717) is 32.7 Å². The molecule has 0 saturated carbocycles. The van der Waals surface area contributed by atoms with Gasteiger partial charge in [0.2, 0.25) is 0 Å². The van der Waals surface area contributed by atoms with Gasteiger partial charge in [-0.15, -0.1) is 0 Å². The van der Waals surface area contributed by atoms with Crippen molar-refractivity contribution < 1.29 is 17.9 Å². The molecular weight excluding hydrogens is 271 g/mol. The zero-order chi connectivity index (χ0) is 14.4. The molecule has 0 amide bonds. The van der Waals surface area contributed by atoms with Crippen molar-refractivity contribution in [1.82, 2.24) is 14.9 Å². The monoisotopic (exact) mass is 289 g/mol. The molecule has 1 aliphatic heterocycles. The van der Waals surface area contributed by atoms with Crippen LogP contribution < -0.4 is 0 Å². The maximum atomic E-state index is 12.3. The molecule has 1 saturated heterocycles. The van der Waals surface area contributed by atoms with E-state index in [4.69, 9.17) is 4.74 Å². The molecule has 4 nitrogen and oxygen atoms in total. The Morgan fingerprint density at radius 3 is 2.95 bits per heavy atom. The lowest BCUT2D eigenvalue weighted by Crippen LogP contribution is -2.34. The molecule has 1 aromatic heterocycles. The van der Waals surface area contributed by atoms with Crippen molar-refractivity contribution in [3.8, 4) is 0 Å². The van der Waals surface area contributed by atoms with E-state index >= 15 is 0 Å². The molecule has 0 aliphatic carbocycles. The summed E-state index contributed by atoms with van der Waals surface area (Å²) in [7, 11) is 0. The van der Waals surface area contributed by atoms with Crippen LogP contribution >= 0.6 is 0 Å². The average molecular weight is 289 g/mol. The van der Waals surface area contributed by atoms with Crippen molar-refractivity contribution >= 4 is 0 Å². The number of hydrogen-bond donors (Lipinski definition) is 0. The van der Waals surface area contributed by atoms with Gasteiger partial charge in [-0.25, -0.2) is 9.97 Å². The van der Waals surface area contributed by atoms with Gasteiger partial charge in [-0.3, -0.25) is 0 Å².